The topological polar surface area (TPSA) is 60.8 Å². The van der Waals surface area contributed by atoms with Crippen LogP contribution in [-0.2, 0) is 24.4 Å². The third kappa shape index (κ3) is 3.20. The number of carbonyl (C=O) groups excluding carboxylic acids is 1. The molecule has 1 aliphatic rings. The van der Waals surface area contributed by atoms with Crippen LogP contribution >= 0.6 is 11.6 Å². The number of hydrogen-bond acceptors (Lipinski definition) is 3. The van der Waals surface area contributed by atoms with Crippen LogP contribution in [-0.4, -0.2) is 33.4 Å². The average Bonchev–Trinajstić information content (AvgIpc) is 2.61. The fourth-order valence-electron chi connectivity index (χ4n) is 2.31. The van der Waals surface area contributed by atoms with Crippen molar-refractivity contribution >= 4 is 23.6 Å². The first-order valence-corrected chi connectivity index (χ1v) is 7.13. The fraction of sp³-hybridized carbons (Fsp3) is 0.400. The molecule has 2 rings (SSSR count). The van der Waals surface area contributed by atoms with Gasteiger partial charge in [0.1, 0.15) is 0 Å². The summed E-state index contributed by atoms with van der Waals surface area (Å²) in [7, 11) is 0. The number of benzene rings is 1. The van der Waals surface area contributed by atoms with Gasteiger partial charge in [-0.3, -0.25) is 4.79 Å². The molecule has 0 saturated carbocycles. The van der Waals surface area contributed by atoms with Gasteiger partial charge in [0, 0.05) is 18.6 Å². The largest absolute Gasteiger partial charge is 0.392 e. The number of amides is 1. The Hall–Kier alpha value is -1.36. The van der Waals surface area contributed by atoms with Gasteiger partial charge in [-0.1, -0.05) is 6.07 Å². The third-order valence-corrected chi connectivity index (χ3v) is 3.70. The fourth-order valence-corrected chi connectivity index (χ4v) is 2.43. The second kappa shape index (κ2) is 6.88. The van der Waals surface area contributed by atoms with Crippen molar-refractivity contribution in [3.63, 3.8) is 0 Å². The van der Waals surface area contributed by atoms with E-state index in [1.165, 1.54) is 0 Å². The maximum absolute atomic E-state index is 12.2. The van der Waals surface area contributed by atoms with Gasteiger partial charge in [0.05, 0.1) is 19.6 Å². The maximum Gasteiger partial charge on any atom is 0.230 e. The lowest BCUT2D eigenvalue weighted by atomic mass is 9.97. The van der Waals surface area contributed by atoms with Crippen LogP contribution in [0.2, 0.25) is 0 Å². The molecule has 0 saturated heterocycles. The lowest BCUT2D eigenvalue weighted by Gasteiger charge is -2.16. The van der Waals surface area contributed by atoms with Crippen molar-refractivity contribution in [2.75, 3.05) is 12.4 Å². The molecule has 0 aliphatic carbocycles. The molecule has 1 aromatic carbocycles. The summed E-state index contributed by atoms with van der Waals surface area (Å²) in [4.78, 5) is 13.8. The van der Waals surface area contributed by atoms with Crippen molar-refractivity contribution in [3.05, 3.63) is 40.6 Å². The molecule has 20 heavy (non-hydrogen) atoms. The van der Waals surface area contributed by atoms with Crippen LogP contribution in [0.5, 0.6) is 0 Å². The van der Waals surface area contributed by atoms with Gasteiger partial charge < -0.3 is 15.1 Å². The van der Waals surface area contributed by atoms with Gasteiger partial charge in [-0.05, 0) is 40.8 Å². The monoisotopic (exact) mass is 295 g/mol. The molecule has 0 fully saturated rings. The van der Waals surface area contributed by atoms with Gasteiger partial charge in [-0.2, -0.15) is 0 Å². The van der Waals surface area contributed by atoms with E-state index in [4.69, 9.17) is 11.6 Å². The highest BCUT2D eigenvalue weighted by Crippen LogP contribution is 2.23. The normalized spacial score (nSPS) is 14.3. The zero-order valence-corrected chi connectivity index (χ0v) is 11.9. The van der Waals surface area contributed by atoms with E-state index in [1.807, 2.05) is 12.1 Å². The molecule has 1 amide bonds. The molecule has 0 atom stereocenters. The van der Waals surface area contributed by atoms with Crippen LogP contribution in [0.3, 0.4) is 0 Å². The Labute approximate surface area is 123 Å². The lowest BCUT2D eigenvalue weighted by Crippen LogP contribution is -2.27. The number of hydrogen-bond donors (Lipinski definition) is 2. The molecule has 1 aromatic rings. The van der Waals surface area contributed by atoms with E-state index in [0.29, 0.717) is 30.0 Å². The minimum absolute atomic E-state index is 0.0192. The van der Waals surface area contributed by atoms with Crippen molar-refractivity contribution in [3.8, 4) is 0 Å². The molecular formula is C15H18ClNO3. The first kappa shape index (κ1) is 15.0. The highest BCUT2D eigenvalue weighted by Gasteiger charge is 2.18. The van der Waals surface area contributed by atoms with Crippen LogP contribution in [0.4, 0.5) is 0 Å². The van der Waals surface area contributed by atoms with Crippen molar-refractivity contribution < 1.29 is 15.0 Å². The Balaban J connectivity index is 2.31. The zero-order chi connectivity index (χ0) is 14.5. The Kier molecular flexibility index (Phi) is 5.17. The summed E-state index contributed by atoms with van der Waals surface area (Å²) in [6, 6.07) is 3.63. The molecular weight excluding hydrogens is 278 g/mol. The Morgan fingerprint density at radius 1 is 1.20 bits per heavy atom. The van der Waals surface area contributed by atoms with E-state index in [-0.39, 0.29) is 19.1 Å². The van der Waals surface area contributed by atoms with Crippen LogP contribution in [0, 0.1) is 0 Å². The number of halogens is 1. The van der Waals surface area contributed by atoms with Gasteiger partial charge in [0.25, 0.3) is 0 Å². The smallest absolute Gasteiger partial charge is 0.230 e. The van der Waals surface area contributed by atoms with Crippen molar-refractivity contribution in [1.82, 2.24) is 4.90 Å². The molecule has 1 heterocycles. The molecule has 5 heteroatoms. The van der Waals surface area contributed by atoms with Crippen LogP contribution in [0.15, 0.2) is 18.3 Å². The first-order chi connectivity index (χ1) is 9.69. The second-order valence-electron chi connectivity index (χ2n) is 4.76. The van der Waals surface area contributed by atoms with Crippen LogP contribution < -0.4 is 0 Å². The quantitative estimate of drug-likeness (QED) is 0.812. The predicted molar refractivity (Wildman–Crippen MR) is 78.1 cm³/mol. The Morgan fingerprint density at radius 3 is 2.55 bits per heavy atom. The molecule has 108 valence electrons. The number of aliphatic hydroxyl groups is 2. The predicted octanol–water partition coefficient (Wildman–Crippen LogP) is 1.66. The van der Waals surface area contributed by atoms with Crippen molar-refractivity contribution in [1.29, 1.82) is 0 Å². The van der Waals surface area contributed by atoms with E-state index in [9.17, 15) is 15.0 Å². The summed E-state index contributed by atoms with van der Waals surface area (Å²) < 4.78 is 0. The first-order valence-electron chi connectivity index (χ1n) is 6.59. The van der Waals surface area contributed by atoms with E-state index >= 15 is 0 Å². The summed E-state index contributed by atoms with van der Waals surface area (Å²) in [5.74, 6) is 0.541. The van der Waals surface area contributed by atoms with Crippen LogP contribution in [0.1, 0.15) is 28.7 Å². The summed E-state index contributed by atoms with van der Waals surface area (Å²) in [6.07, 6.45) is 4.68. The van der Waals surface area contributed by atoms with Gasteiger partial charge in [-0.15, -0.1) is 11.6 Å². The lowest BCUT2D eigenvalue weighted by molar-refractivity contribution is -0.127. The number of rotatable bonds is 5. The molecule has 1 aliphatic heterocycles. The zero-order valence-electron chi connectivity index (χ0n) is 11.2. The average molecular weight is 296 g/mol. The minimum atomic E-state index is -0.142. The standard InChI is InChI=1S/C15H18ClNO3/c16-3-1-4-17-5-2-11-6-13(9-18)14(10-19)7-12(11)8-15(17)20/h2,5-7,18-19H,1,3-4,8-10H2. The van der Waals surface area contributed by atoms with Gasteiger partial charge in [0.15, 0.2) is 0 Å². The summed E-state index contributed by atoms with van der Waals surface area (Å²) >= 11 is 5.66. The second-order valence-corrected chi connectivity index (χ2v) is 5.14. The van der Waals surface area contributed by atoms with Gasteiger partial charge in [0.2, 0.25) is 5.91 Å². The summed E-state index contributed by atoms with van der Waals surface area (Å²) in [5.41, 5.74) is 3.15. The highest BCUT2D eigenvalue weighted by atomic mass is 35.5. The van der Waals surface area contributed by atoms with Gasteiger partial charge >= 0.3 is 0 Å². The summed E-state index contributed by atoms with van der Waals surface area (Å²) in [6.45, 7) is 0.338. The minimum Gasteiger partial charge on any atom is -0.392 e. The molecule has 2 N–H and O–H groups in total. The molecule has 0 spiro atoms. The van der Waals surface area contributed by atoms with Crippen molar-refractivity contribution in [2.45, 2.75) is 26.1 Å². The molecule has 0 aromatic heterocycles. The van der Waals surface area contributed by atoms with E-state index in [1.54, 1.807) is 17.2 Å². The van der Waals surface area contributed by atoms with E-state index in [0.717, 1.165) is 17.5 Å². The van der Waals surface area contributed by atoms with Crippen LogP contribution in [0.25, 0.3) is 6.08 Å². The number of carbonyl (C=O) groups is 1. The van der Waals surface area contributed by atoms with E-state index < -0.39 is 0 Å². The number of fused-ring (bicyclic) bond motifs is 1. The number of aliphatic hydroxyl groups excluding tert-OH is 2. The third-order valence-electron chi connectivity index (χ3n) is 3.43. The molecule has 0 bridgehead atoms. The highest BCUT2D eigenvalue weighted by molar-refractivity contribution is 6.17. The molecule has 0 unspecified atom stereocenters. The SMILES string of the molecule is O=C1Cc2cc(CO)c(CO)cc2C=CN1CCCCl. The number of nitrogens with zero attached hydrogens (tertiary/aromatic N) is 1. The van der Waals surface area contributed by atoms with E-state index in [2.05, 4.69) is 0 Å². The maximum atomic E-state index is 12.2. The summed E-state index contributed by atoms with van der Waals surface area (Å²) in [5, 5.41) is 18.6. The molecule has 0 radical (unpaired) electrons. The van der Waals surface area contributed by atoms with Crippen molar-refractivity contribution in [2.24, 2.45) is 0 Å². The molecule has 4 nitrogen and oxygen atoms in total. The Bertz CT molecular complexity index is 528. The Morgan fingerprint density at radius 2 is 1.90 bits per heavy atom. The number of alkyl halides is 1. The van der Waals surface area contributed by atoms with Gasteiger partial charge in [-0.25, -0.2) is 0 Å².